The lowest BCUT2D eigenvalue weighted by Gasteiger charge is -2.20. The predicted octanol–water partition coefficient (Wildman–Crippen LogP) is 1.47. The molecule has 1 unspecified atom stereocenters. The first-order valence-electron chi connectivity index (χ1n) is 6.66. The molecule has 8 heteroatoms. The maximum Gasteiger partial charge on any atom is 0.320 e. The number of nitrogens with zero attached hydrogens (tertiary/aromatic N) is 5. The summed E-state index contributed by atoms with van der Waals surface area (Å²) < 4.78 is 2.52. The molecule has 0 saturated carbocycles. The molecule has 2 aromatic rings. The van der Waals surface area contributed by atoms with Crippen LogP contribution in [0.2, 0.25) is 0 Å². The highest BCUT2D eigenvalue weighted by atomic mass is 79.9. The van der Waals surface area contributed by atoms with Gasteiger partial charge in [0.1, 0.15) is 6.04 Å². The van der Waals surface area contributed by atoms with E-state index in [4.69, 9.17) is 0 Å². The standard InChI is InChI=1S/C13H14BrN5O2/c14-9-4-1-2-5-10(9)19-12(15-16-17-19)8-18-7-3-6-11(18)13(20)21/h1-2,4-5,11H,3,6-8H2,(H,20,21). The van der Waals surface area contributed by atoms with Crippen LogP contribution in [0.3, 0.4) is 0 Å². The smallest absolute Gasteiger partial charge is 0.320 e. The molecule has 0 aliphatic carbocycles. The number of para-hydroxylation sites is 1. The summed E-state index contributed by atoms with van der Waals surface area (Å²) >= 11 is 3.48. The minimum atomic E-state index is -0.785. The monoisotopic (exact) mass is 351 g/mol. The maximum absolute atomic E-state index is 11.2. The first-order valence-corrected chi connectivity index (χ1v) is 7.45. The molecule has 110 valence electrons. The van der Waals surface area contributed by atoms with Gasteiger partial charge >= 0.3 is 5.97 Å². The summed E-state index contributed by atoms with van der Waals surface area (Å²) in [5.41, 5.74) is 0.837. The Labute approximate surface area is 129 Å². The number of benzene rings is 1. The zero-order valence-corrected chi connectivity index (χ0v) is 12.8. The van der Waals surface area contributed by atoms with Crippen molar-refractivity contribution in [1.82, 2.24) is 25.1 Å². The Kier molecular flexibility index (Phi) is 3.98. The Morgan fingerprint density at radius 2 is 2.24 bits per heavy atom. The molecule has 1 aromatic carbocycles. The largest absolute Gasteiger partial charge is 0.480 e. The molecular weight excluding hydrogens is 338 g/mol. The van der Waals surface area contributed by atoms with Gasteiger partial charge in [0.15, 0.2) is 5.82 Å². The van der Waals surface area contributed by atoms with Crippen molar-refractivity contribution >= 4 is 21.9 Å². The van der Waals surface area contributed by atoms with Gasteiger partial charge in [0.25, 0.3) is 0 Å². The van der Waals surface area contributed by atoms with Crippen molar-refractivity contribution in [2.24, 2.45) is 0 Å². The molecule has 1 N–H and O–H groups in total. The van der Waals surface area contributed by atoms with Crippen LogP contribution in [0.25, 0.3) is 5.69 Å². The molecule has 7 nitrogen and oxygen atoms in total. The highest BCUT2D eigenvalue weighted by molar-refractivity contribution is 9.10. The predicted molar refractivity (Wildman–Crippen MR) is 77.9 cm³/mol. The highest BCUT2D eigenvalue weighted by Gasteiger charge is 2.31. The number of aliphatic carboxylic acids is 1. The third-order valence-corrected chi connectivity index (χ3v) is 4.28. The molecule has 21 heavy (non-hydrogen) atoms. The molecule has 0 bridgehead atoms. The number of aromatic nitrogens is 4. The van der Waals surface area contributed by atoms with Crippen LogP contribution in [0.4, 0.5) is 0 Å². The number of carbonyl (C=O) groups is 1. The molecule has 1 atom stereocenters. The lowest BCUT2D eigenvalue weighted by atomic mass is 10.2. The van der Waals surface area contributed by atoms with E-state index in [2.05, 4.69) is 31.5 Å². The summed E-state index contributed by atoms with van der Waals surface area (Å²) in [4.78, 5) is 13.1. The average Bonchev–Trinajstić information content (AvgIpc) is 3.09. The molecule has 2 heterocycles. The topological polar surface area (TPSA) is 84.1 Å². The zero-order chi connectivity index (χ0) is 14.8. The number of likely N-dealkylation sites (tertiary alicyclic amines) is 1. The molecule has 0 amide bonds. The van der Waals surface area contributed by atoms with E-state index < -0.39 is 12.0 Å². The first-order chi connectivity index (χ1) is 10.2. The number of rotatable bonds is 4. The second-order valence-electron chi connectivity index (χ2n) is 4.93. The third kappa shape index (κ3) is 2.81. The van der Waals surface area contributed by atoms with Gasteiger partial charge in [0.2, 0.25) is 0 Å². The average molecular weight is 352 g/mol. The molecule has 0 radical (unpaired) electrons. The summed E-state index contributed by atoms with van der Waals surface area (Å²) in [6, 6.07) is 7.19. The van der Waals surface area contributed by atoms with E-state index in [-0.39, 0.29) is 0 Å². The van der Waals surface area contributed by atoms with E-state index in [0.717, 1.165) is 23.1 Å². The molecule has 1 aromatic heterocycles. The highest BCUT2D eigenvalue weighted by Crippen LogP contribution is 2.23. The van der Waals surface area contributed by atoms with Crippen LogP contribution in [0, 0.1) is 0 Å². The van der Waals surface area contributed by atoms with Gasteiger partial charge < -0.3 is 5.11 Å². The van der Waals surface area contributed by atoms with Gasteiger partial charge in [-0.05, 0) is 57.9 Å². The number of tetrazole rings is 1. The van der Waals surface area contributed by atoms with Crippen molar-refractivity contribution in [1.29, 1.82) is 0 Å². The Bertz CT molecular complexity index is 660. The van der Waals surface area contributed by atoms with Crippen LogP contribution >= 0.6 is 15.9 Å². The molecule has 1 aliphatic rings. The molecular formula is C13H14BrN5O2. The van der Waals surface area contributed by atoms with Gasteiger partial charge in [-0.1, -0.05) is 12.1 Å². The summed E-state index contributed by atoms with van der Waals surface area (Å²) in [5.74, 6) is -0.150. The number of carboxylic acid groups (broad SMARTS) is 1. The SMILES string of the molecule is O=C(O)C1CCCN1Cc1nnnn1-c1ccccc1Br. The van der Waals surface area contributed by atoms with Crippen molar-refractivity contribution < 1.29 is 9.90 Å². The van der Waals surface area contributed by atoms with Crippen molar-refractivity contribution in [3.8, 4) is 5.69 Å². The number of hydrogen-bond acceptors (Lipinski definition) is 5. The Morgan fingerprint density at radius 1 is 1.43 bits per heavy atom. The second-order valence-corrected chi connectivity index (χ2v) is 5.78. The molecule has 1 aliphatic heterocycles. The fraction of sp³-hybridized carbons (Fsp3) is 0.385. The van der Waals surface area contributed by atoms with Gasteiger partial charge in [0.05, 0.1) is 12.2 Å². The van der Waals surface area contributed by atoms with Crippen molar-refractivity contribution in [3.63, 3.8) is 0 Å². The summed E-state index contributed by atoms with van der Waals surface area (Å²) in [6.45, 7) is 1.17. The van der Waals surface area contributed by atoms with E-state index in [0.29, 0.717) is 18.8 Å². The van der Waals surface area contributed by atoms with Crippen LogP contribution in [0.1, 0.15) is 18.7 Å². The molecule has 1 fully saturated rings. The van der Waals surface area contributed by atoms with Gasteiger partial charge in [-0.3, -0.25) is 9.69 Å². The van der Waals surface area contributed by atoms with E-state index >= 15 is 0 Å². The normalized spacial score (nSPS) is 19.0. The minimum absolute atomic E-state index is 0.422. The molecule has 3 rings (SSSR count). The van der Waals surface area contributed by atoms with Gasteiger partial charge in [-0.25, -0.2) is 0 Å². The number of hydrogen-bond donors (Lipinski definition) is 1. The lowest BCUT2D eigenvalue weighted by molar-refractivity contribution is -0.142. The van der Waals surface area contributed by atoms with Gasteiger partial charge in [0, 0.05) is 4.47 Å². The fourth-order valence-corrected chi connectivity index (χ4v) is 3.04. The van der Waals surface area contributed by atoms with Crippen LogP contribution in [0.15, 0.2) is 28.7 Å². The maximum atomic E-state index is 11.2. The van der Waals surface area contributed by atoms with Crippen LogP contribution in [0.5, 0.6) is 0 Å². The Balaban J connectivity index is 1.87. The third-order valence-electron chi connectivity index (χ3n) is 3.61. The first kappa shape index (κ1) is 14.2. The van der Waals surface area contributed by atoms with Crippen LogP contribution < -0.4 is 0 Å². The van der Waals surface area contributed by atoms with Crippen LogP contribution in [-0.2, 0) is 11.3 Å². The van der Waals surface area contributed by atoms with Gasteiger partial charge in [-0.15, -0.1) is 5.10 Å². The van der Waals surface area contributed by atoms with Gasteiger partial charge in [-0.2, -0.15) is 4.68 Å². The van der Waals surface area contributed by atoms with Crippen molar-refractivity contribution in [2.45, 2.75) is 25.4 Å². The fourth-order valence-electron chi connectivity index (χ4n) is 2.59. The van der Waals surface area contributed by atoms with E-state index in [1.54, 1.807) is 4.68 Å². The summed E-state index contributed by atoms with van der Waals surface area (Å²) in [6.07, 6.45) is 1.56. The van der Waals surface area contributed by atoms with Crippen molar-refractivity contribution in [2.75, 3.05) is 6.54 Å². The Hall–Kier alpha value is -1.80. The van der Waals surface area contributed by atoms with E-state index in [1.165, 1.54) is 0 Å². The minimum Gasteiger partial charge on any atom is -0.480 e. The van der Waals surface area contributed by atoms with Crippen LogP contribution in [-0.4, -0.2) is 48.8 Å². The molecule has 1 saturated heterocycles. The number of carboxylic acids is 1. The summed E-state index contributed by atoms with van der Waals surface area (Å²) in [5, 5.41) is 21.0. The zero-order valence-electron chi connectivity index (χ0n) is 11.2. The van der Waals surface area contributed by atoms with E-state index in [1.807, 2.05) is 29.2 Å². The lowest BCUT2D eigenvalue weighted by Crippen LogP contribution is -2.36. The van der Waals surface area contributed by atoms with E-state index in [9.17, 15) is 9.90 Å². The molecule has 0 spiro atoms. The van der Waals surface area contributed by atoms with Crippen molar-refractivity contribution in [3.05, 3.63) is 34.6 Å². The Morgan fingerprint density at radius 3 is 3.00 bits per heavy atom. The number of halogens is 1. The summed E-state index contributed by atoms with van der Waals surface area (Å²) in [7, 11) is 0. The quantitative estimate of drug-likeness (QED) is 0.897. The second kappa shape index (κ2) is 5.90.